The molecule has 1 aliphatic heterocycles. The number of nitrogens with zero attached hydrogens (tertiary/aromatic N) is 5. The first-order chi connectivity index (χ1) is 18.7. The number of β-amino-alcohol motifs (C(OH)–C–C–N with tert-alkyl or cyclic N) is 1. The summed E-state index contributed by atoms with van der Waals surface area (Å²) in [5, 5.41) is 15.7. The minimum Gasteiger partial charge on any atom is -0.391 e. The maximum Gasteiger partial charge on any atom is 0.274 e. The van der Waals surface area contributed by atoms with Crippen LogP contribution in [0.2, 0.25) is 5.02 Å². The zero-order valence-corrected chi connectivity index (χ0v) is 23.0. The number of Topliss-reactive ketones (excluding diaryl/α,β-unsaturated/α-hetero) is 1. The number of carbonyl (C=O) groups excluding carboxylic acids is 3. The van der Waals surface area contributed by atoms with Gasteiger partial charge in [-0.1, -0.05) is 18.0 Å². The molecule has 3 aromatic heterocycles. The molecule has 0 aromatic carbocycles. The number of hydrogen-bond acceptors (Lipinski definition) is 8. The second-order valence-corrected chi connectivity index (χ2v) is 10.7. The predicted octanol–water partition coefficient (Wildman–Crippen LogP) is 1.77. The number of nitrogens with two attached hydrogens (primary N) is 2. The maximum atomic E-state index is 13.4. The van der Waals surface area contributed by atoms with Crippen molar-refractivity contribution in [1.29, 1.82) is 0 Å². The van der Waals surface area contributed by atoms with E-state index >= 15 is 0 Å². The van der Waals surface area contributed by atoms with E-state index in [2.05, 4.69) is 20.3 Å². The van der Waals surface area contributed by atoms with Crippen molar-refractivity contribution in [3.8, 4) is 0 Å². The summed E-state index contributed by atoms with van der Waals surface area (Å²) in [7, 11) is 1.54. The number of carbonyl (C=O) groups is 3. The van der Waals surface area contributed by atoms with Gasteiger partial charge in [-0.05, 0) is 25.0 Å². The molecule has 0 bridgehead atoms. The van der Waals surface area contributed by atoms with Crippen LogP contribution >= 0.6 is 22.9 Å². The molecule has 4 heterocycles. The molecule has 1 aliphatic rings. The lowest BCUT2D eigenvalue weighted by atomic mass is 9.94. The quantitative estimate of drug-likeness (QED) is 0.116. The molecule has 1 saturated heterocycles. The molecule has 0 radical (unpaired) electrons. The van der Waals surface area contributed by atoms with E-state index in [0.29, 0.717) is 47.9 Å². The highest BCUT2D eigenvalue weighted by Crippen LogP contribution is 2.35. The highest BCUT2D eigenvalue weighted by atomic mass is 35.5. The number of halogens is 1. The first kappa shape index (κ1) is 28.5. The predicted molar refractivity (Wildman–Crippen MR) is 148 cm³/mol. The molecule has 208 valence electrons. The summed E-state index contributed by atoms with van der Waals surface area (Å²) in [6.07, 6.45) is 4.69. The van der Waals surface area contributed by atoms with Gasteiger partial charge in [0.1, 0.15) is 22.0 Å². The van der Waals surface area contributed by atoms with E-state index < -0.39 is 18.1 Å². The van der Waals surface area contributed by atoms with E-state index in [-0.39, 0.29) is 47.9 Å². The molecule has 14 heteroatoms. The smallest absolute Gasteiger partial charge is 0.274 e. The van der Waals surface area contributed by atoms with Crippen LogP contribution in [0, 0.1) is 5.92 Å². The van der Waals surface area contributed by atoms with Crippen LogP contribution in [0.5, 0.6) is 0 Å². The third-order valence-electron chi connectivity index (χ3n) is 6.57. The van der Waals surface area contributed by atoms with Crippen LogP contribution in [0.3, 0.4) is 0 Å². The molecule has 12 nitrogen and oxygen atoms in total. The van der Waals surface area contributed by atoms with Crippen molar-refractivity contribution in [2.75, 3.05) is 20.1 Å². The third kappa shape index (κ3) is 6.91. The lowest BCUT2D eigenvalue weighted by Crippen LogP contribution is -2.32. The number of imidazole rings is 1. The largest absolute Gasteiger partial charge is 0.391 e. The Kier molecular flexibility index (Phi) is 9.15. The van der Waals surface area contributed by atoms with E-state index in [1.54, 1.807) is 34.3 Å². The van der Waals surface area contributed by atoms with Gasteiger partial charge in [0.15, 0.2) is 11.7 Å². The molecule has 1 fully saturated rings. The van der Waals surface area contributed by atoms with Gasteiger partial charge < -0.3 is 31.2 Å². The minimum absolute atomic E-state index is 0.00485. The lowest BCUT2D eigenvalue weighted by Gasteiger charge is -2.21. The highest BCUT2D eigenvalue weighted by molar-refractivity contribution is 7.09. The van der Waals surface area contributed by atoms with Crippen molar-refractivity contribution < 1.29 is 19.5 Å². The Morgan fingerprint density at radius 2 is 2.03 bits per heavy atom. The van der Waals surface area contributed by atoms with Gasteiger partial charge in [0.05, 0.1) is 17.2 Å². The molecule has 2 amide bonds. The van der Waals surface area contributed by atoms with Gasteiger partial charge in [-0.2, -0.15) is 0 Å². The number of amides is 2. The number of guanidine groups is 1. The van der Waals surface area contributed by atoms with Gasteiger partial charge in [-0.25, -0.2) is 9.97 Å². The van der Waals surface area contributed by atoms with Gasteiger partial charge in [0, 0.05) is 56.7 Å². The molecule has 4 rings (SSSR count). The van der Waals surface area contributed by atoms with Crippen molar-refractivity contribution in [2.24, 2.45) is 22.4 Å². The fourth-order valence-electron chi connectivity index (χ4n) is 4.62. The number of aromatic nitrogens is 3. The monoisotopic (exact) mass is 574 g/mol. The molecule has 3 aromatic rings. The SMILES string of the molecule is CNC(=O)[C@@H](CCCCN=C(N)N)CC(=O)c1csc([C@@H]2C[C@@H](O)CN2C(=O)c2cn3cc(Cl)ccc3n2)n1. The van der Waals surface area contributed by atoms with E-state index in [0.717, 1.165) is 0 Å². The fourth-order valence-corrected chi connectivity index (χ4v) is 5.74. The Labute approximate surface area is 234 Å². The van der Waals surface area contributed by atoms with Gasteiger partial charge in [-0.3, -0.25) is 19.4 Å². The minimum atomic E-state index is -0.731. The molecule has 0 saturated carbocycles. The number of aliphatic hydroxyl groups is 1. The Hall–Kier alpha value is -3.55. The molecule has 0 spiro atoms. The number of aliphatic imine (C=N–C) groups is 1. The van der Waals surface area contributed by atoms with E-state index in [1.165, 1.54) is 23.3 Å². The van der Waals surface area contributed by atoms with Crippen LogP contribution in [0.25, 0.3) is 5.65 Å². The van der Waals surface area contributed by atoms with Crippen LogP contribution in [0.4, 0.5) is 0 Å². The zero-order valence-electron chi connectivity index (χ0n) is 21.4. The maximum absolute atomic E-state index is 13.4. The van der Waals surface area contributed by atoms with Crippen LogP contribution in [0.1, 0.15) is 64.1 Å². The molecule has 0 aliphatic carbocycles. The van der Waals surface area contributed by atoms with Crippen molar-refractivity contribution in [3.05, 3.63) is 51.3 Å². The Bertz CT molecular complexity index is 1390. The van der Waals surface area contributed by atoms with Gasteiger partial charge >= 0.3 is 0 Å². The van der Waals surface area contributed by atoms with Crippen LogP contribution in [-0.2, 0) is 4.79 Å². The normalized spacial score (nSPS) is 17.8. The highest BCUT2D eigenvalue weighted by Gasteiger charge is 2.38. The summed E-state index contributed by atoms with van der Waals surface area (Å²) in [6.45, 7) is 0.580. The topological polar surface area (TPSA) is 181 Å². The summed E-state index contributed by atoms with van der Waals surface area (Å²) >= 11 is 7.29. The van der Waals surface area contributed by atoms with Crippen molar-refractivity contribution in [2.45, 2.75) is 44.2 Å². The summed E-state index contributed by atoms with van der Waals surface area (Å²) in [6, 6.07) is 2.90. The molecular weight excluding hydrogens is 544 g/mol. The fraction of sp³-hybridized carbons (Fsp3) is 0.440. The number of hydrogen-bond donors (Lipinski definition) is 4. The molecule has 39 heavy (non-hydrogen) atoms. The average Bonchev–Trinajstić information content (AvgIpc) is 3.64. The number of nitrogens with one attached hydrogen (secondary N) is 1. The number of thiazole rings is 1. The van der Waals surface area contributed by atoms with E-state index in [1.807, 2.05) is 0 Å². The summed E-state index contributed by atoms with van der Waals surface area (Å²) in [5.41, 5.74) is 11.7. The Morgan fingerprint density at radius 1 is 1.23 bits per heavy atom. The summed E-state index contributed by atoms with van der Waals surface area (Å²) < 4.78 is 1.67. The molecule has 3 atom stereocenters. The van der Waals surface area contributed by atoms with Crippen molar-refractivity contribution in [3.63, 3.8) is 0 Å². The number of unbranched alkanes of at least 4 members (excludes halogenated alkanes) is 1. The van der Waals surface area contributed by atoms with Gasteiger partial charge in [0.25, 0.3) is 5.91 Å². The van der Waals surface area contributed by atoms with Gasteiger partial charge in [-0.15, -0.1) is 11.3 Å². The third-order valence-corrected chi connectivity index (χ3v) is 7.74. The molecular formula is C25H31ClN8O4S. The number of pyridine rings is 1. The lowest BCUT2D eigenvalue weighted by molar-refractivity contribution is -0.124. The van der Waals surface area contributed by atoms with Crippen LogP contribution in [-0.4, -0.2) is 74.2 Å². The second-order valence-electron chi connectivity index (χ2n) is 9.41. The average molecular weight is 575 g/mol. The Balaban J connectivity index is 1.44. The van der Waals surface area contributed by atoms with Crippen molar-refractivity contribution in [1.82, 2.24) is 24.6 Å². The van der Waals surface area contributed by atoms with Crippen molar-refractivity contribution >= 4 is 52.1 Å². The summed E-state index contributed by atoms with van der Waals surface area (Å²) in [4.78, 5) is 53.2. The zero-order chi connectivity index (χ0) is 28.1. The van der Waals surface area contributed by atoms with Crippen LogP contribution in [0.15, 0.2) is 34.9 Å². The number of fused-ring (bicyclic) bond motifs is 1. The van der Waals surface area contributed by atoms with E-state index in [9.17, 15) is 19.5 Å². The first-order valence-electron chi connectivity index (χ1n) is 12.5. The molecule has 6 N–H and O–H groups in total. The summed E-state index contributed by atoms with van der Waals surface area (Å²) in [5.74, 6) is -1.32. The first-order valence-corrected chi connectivity index (χ1v) is 13.8. The number of rotatable bonds is 11. The number of ketones is 1. The molecule has 0 unspecified atom stereocenters. The van der Waals surface area contributed by atoms with Gasteiger partial charge in [0.2, 0.25) is 5.91 Å². The second kappa shape index (κ2) is 12.5. The number of aliphatic hydroxyl groups excluding tert-OH is 1. The number of likely N-dealkylation sites (tertiary alicyclic amines) is 1. The van der Waals surface area contributed by atoms with E-state index in [4.69, 9.17) is 23.1 Å². The van der Waals surface area contributed by atoms with Crippen LogP contribution < -0.4 is 16.8 Å². The standard InChI is InChI=1S/C25H31ClN8O4S/c1-29-22(37)14(4-2-3-7-30-25(27)28)8-20(36)18-13-39-23(32-18)19-9-16(35)11-34(19)24(38)17-12-33-10-15(26)5-6-21(33)31-17/h5-6,10,12-14,16,19,35H,2-4,7-9,11H2,1H3,(H,29,37)(H4,27,28,30)/t14-,16+,19-/m0/s1. The Morgan fingerprint density at radius 3 is 2.77 bits per heavy atom.